The number of hydrogen-bond acceptors (Lipinski definition) is 6. The van der Waals surface area contributed by atoms with Crippen LogP contribution in [0, 0.1) is 3.57 Å². The van der Waals surface area contributed by atoms with Crippen molar-refractivity contribution in [3.05, 3.63) is 52.1 Å². The number of aliphatic hydroxyl groups is 1. The van der Waals surface area contributed by atoms with Crippen LogP contribution in [-0.4, -0.2) is 48.5 Å². The summed E-state index contributed by atoms with van der Waals surface area (Å²) < 4.78 is 2.58. The second kappa shape index (κ2) is 8.40. The summed E-state index contributed by atoms with van der Waals surface area (Å²) in [6.07, 6.45) is 2.64. The fourth-order valence-corrected chi connectivity index (χ4v) is 4.60. The fraction of sp³-hybridized carbons (Fsp3) is 0.200. The van der Waals surface area contributed by atoms with E-state index >= 15 is 0 Å². The van der Waals surface area contributed by atoms with Crippen molar-refractivity contribution in [1.82, 2.24) is 24.9 Å². The van der Waals surface area contributed by atoms with Gasteiger partial charge in [-0.05, 0) is 41.1 Å². The number of carboxylic acid groups (broad SMARTS) is 1. The molecule has 10 heteroatoms. The zero-order valence-corrected chi connectivity index (χ0v) is 17.9. The second-order valence-corrected chi connectivity index (χ2v) is 7.90. The number of aromatic nitrogens is 4. The van der Waals surface area contributed by atoms with Crippen LogP contribution in [0.15, 0.2) is 42.9 Å². The first-order chi connectivity index (χ1) is 14.5. The van der Waals surface area contributed by atoms with Crippen LogP contribution in [0.25, 0.3) is 27.5 Å². The van der Waals surface area contributed by atoms with E-state index in [0.29, 0.717) is 17.8 Å². The Hall–Kier alpha value is -2.99. The summed E-state index contributed by atoms with van der Waals surface area (Å²) in [5.41, 5.74) is 10.2. The predicted octanol–water partition coefficient (Wildman–Crippen LogP) is 2.69. The maximum Gasteiger partial charge on any atom is 0.404 e. The lowest BCUT2D eigenvalue weighted by atomic mass is 10.0. The molecule has 154 valence electrons. The summed E-state index contributed by atoms with van der Waals surface area (Å²) in [4.78, 5) is 19.9. The molecule has 9 nitrogen and oxygen atoms in total. The normalized spacial score (nSPS) is 12.3. The van der Waals surface area contributed by atoms with Gasteiger partial charge in [0.25, 0.3) is 0 Å². The van der Waals surface area contributed by atoms with Crippen molar-refractivity contribution in [2.75, 3.05) is 12.3 Å². The number of benzene rings is 1. The number of halogens is 1. The molecule has 0 unspecified atom stereocenters. The van der Waals surface area contributed by atoms with E-state index in [1.807, 2.05) is 30.3 Å². The molecule has 30 heavy (non-hydrogen) atoms. The van der Waals surface area contributed by atoms with Gasteiger partial charge in [0.15, 0.2) is 5.82 Å². The Morgan fingerprint density at radius 2 is 2.10 bits per heavy atom. The van der Waals surface area contributed by atoms with Crippen molar-refractivity contribution < 1.29 is 15.0 Å². The standard InChI is InChI=1S/C20H19IN6O3/c21-17-15(8-13(5-6-28)26-20(29)30)27-18(19(22)24-10-25-27)16(17)12-7-11-3-1-2-4-14(11)23-9-12/h1-4,7,9-10,13,26,28H,5-6,8H2,(H,29,30)(H2,22,24,25)/t13-/m0/s1. The predicted molar refractivity (Wildman–Crippen MR) is 121 cm³/mol. The quantitative estimate of drug-likeness (QED) is 0.288. The van der Waals surface area contributed by atoms with Crippen LogP contribution in [0.4, 0.5) is 10.6 Å². The van der Waals surface area contributed by atoms with Crippen molar-refractivity contribution in [2.24, 2.45) is 0 Å². The molecule has 3 heterocycles. The lowest BCUT2D eigenvalue weighted by molar-refractivity contribution is 0.185. The first kappa shape index (κ1) is 20.3. The van der Waals surface area contributed by atoms with Crippen molar-refractivity contribution in [2.45, 2.75) is 18.9 Å². The molecule has 3 aromatic heterocycles. The Bertz CT molecular complexity index is 1240. The van der Waals surface area contributed by atoms with Crippen molar-refractivity contribution >= 4 is 50.9 Å². The highest BCUT2D eigenvalue weighted by Crippen LogP contribution is 2.37. The number of nitrogens with one attached hydrogen (secondary N) is 1. The number of anilines is 1. The lowest BCUT2D eigenvalue weighted by Crippen LogP contribution is -2.36. The SMILES string of the molecule is Nc1ncnn2c(C[C@H](CCO)NC(=O)O)c(I)c(-c3cnc4ccccc4c3)c12. The highest BCUT2D eigenvalue weighted by molar-refractivity contribution is 14.1. The van der Waals surface area contributed by atoms with Crippen LogP contribution in [0.5, 0.6) is 0 Å². The fourth-order valence-electron chi connectivity index (χ4n) is 3.58. The number of pyridine rings is 1. The van der Waals surface area contributed by atoms with E-state index in [9.17, 15) is 9.90 Å². The average Bonchev–Trinajstić information content (AvgIpc) is 3.00. The van der Waals surface area contributed by atoms with Gasteiger partial charge in [0.1, 0.15) is 11.8 Å². The number of nitrogen functional groups attached to an aromatic ring is 1. The Labute approximate surface area is 185 Å². The molecule has 0 fully saturated rings. The summed E-state index contributed by atoms with van der Waals surface area (Å²) in [7, 11) is 0. The van der Waals surface area contributed by atoms with E-state index in [4.69, 9.17) is 10.8 Å². The van der Waals surface area contributed by atoms with E-state index < -0.39 is 12.1 Å². The number of rotatable bonds is 6. The smallest absolute Gasteiger partial charge is 0.404 e. The van der Waals surface area contributed by atoms with Gasteiger partial charge < -0.3 is 21.3 Å². The van der Waals surface area contributed by atoms with Gasteiger partial charge in [-0.3, -0.25) is 4.98 Å². The Balaban J connectivity index is 1.89. The van der Waals surface area contributed by atoms with Gasteiger partial charge in [-0.2, -0.15) is 5.10 Å². The van der Waals surface area contributed by atoms with Gasteiger partial charge in [-0.25, -0.2) is 14.3 Å². The van der Waals surface area contributed by atoms with Gasteiger partial charge in [0, 0.05) is 45.3 Å². The summed E-state index contributed by atoms with van der Waals surface area (Å²) >= 11 is 2.22. The van der Waals surface area contributed by atoms with Crippen LogP contribution in [-0.2, 0) is 6.42 Å². The number of para-hydroxylation sites is 1. The van der Waals surface area contributed by atoms with Crippen LogP contribution in [0.1, 0.15) is 12.1 Å². The largest absolute Gasteiger partial charge is 0.465 e. The van der Waals surface area contributed by atoms with Crippen LogP contribution >= 0.6 is 22.6 Å². The average molecular weight is 518 g/mol. The number of hydrogen-bond donors (Lipinski definition) is 4. The molecule has 0 aliphatic rings. The van der Waals surface area contributed by atoms with E-state index in [1.165, 1.54) is 6.33 Å². The first-order valence-electron chi connectivity index (χ1n) is 9.24. The minimum Gasteiger partial charge on any atom is -0.465 e. The van der Waals surface area contributed by atoms with Crippen LogP contribution in [0.2, 0.25) is 0 Å². The highest BCUT2D eigenvalue weighted by Gasteiger charge is 2.24. The minimum atomic E-state index is -1.14. The van der Waals surface area contributed by atoms with Gasteiger partial charge >= 0.3 is 6.09 Å². The van der Waals surface area contributed by atoms with Crippen LogP contribution in [0.3, 0.4) is 0 Å². The molecule has 0 saturated heterocycles. The number of aliphatic hydroxyl groups excluding tert-OH is 1. The molecule has 0 spiro atoms. The van der Waals surface area contributed by atoms with Crippen LogP contribution < -0.4 is 11.1 Å². The third kappa shape index (κ3) is 3.75. The first-order valence-corrected chi connectivity index (χ1v) is 10.3. The van der Waals surface area contributed by atoms with Gasteiger partial charge in [0.05, 0.1) is 11.2 Å². The lowest BCUT2D eigenvalue weighted by Gasteiger charge is -2.15. The number of nitrogens with zero attached hydrogens (tertiary/aromatic N) is 4. The number of fused-ring (bicyclic) bond motifs is 2. The molecular formula is C20H19IN6O3. The van der Waals surface area contributed by atoms with E-state index in [0.717, 1.165) is 31.3 Å². The maximum absolute atomic E-state index is 11.2. The second-order valence-electron chi connectivity index (χ2n) is 6.82. The summed E-state index contributed by atoms with van der Waals surface area (Å²) in [6.45, 7) is -0.136. The molecule has 0 aliphatic heterocycles. The molecule has 0 saturated carbocycles. The third-order valence-electron chi connectivity index (χ3n) is 4.91. The number of amides is 1. The maximum atomic E-state index is 11.2. The van der Waals surface area contributed by atoms with Crippen molar-refractivity contribution in [3.8, 4) is 11.1 Å². The van der Waals surface area contributed by atoms with E-state index in [2.05, 4.69) is 43.0 Å². The highest BCUT2D eigenvalue weighted by atomic mass is 127. The summed E-state index contributed by atoms with van der Waals surface area (Å²) in [5.74, 6) is 0.322. The number of carbonyl (C=O) groups is 1. The molecular weight excluding hydrogens is 499 g/mol. The molecule has 1 amide bonds. The third-order valence-corrected chi connectivity index (χ3v) is 6.07. The van der Waals surface area contributed by atoms with Crippen molar-refractivity contribution in [3.63, 3.8) is 0 Å². The molecule has 0 radical (unpaired) electrons. The molecule has 4 aromatic rings. The Morgan fingerprint density at radius 3 is 2.87 bits per heavy atom. The molecule has 5 N–H and O–H groups in total. The molecule has 0 aliphatic carbocycles. The Kier molecular flexibility index (Phi) is 5.68. The summed E-state index contributed by atoms with van der Waals surface area (Å²) in [6, 6.07) is 9.40. The molecule has 0 bridgehead atoms. The molecule has 1 atom stereocenters. The van der Waals surface area contributed by atoms with E-state index in [-0.39, 0.29) is 13.0 Å². The van der Waals surface area contributed by atoms with Gasteiger partial charge in [-0.1, -0.05) is 18.2 Å². The van der Waals surface area contributed by atoms with Gasteiger partial charge in [-0.15, -0.1) is 0 Å². The zero-order valence-electron chi connectivity index (χ0n) is 15.8. The van der Waals surface area contributed by atoms with Crippen molar-refractivity contribution in [1.29, 1.82) is 0 Å². The number of nitrogens with two attached hydrogens (primary N) is 1. The summed E-state index contributed by atoms with van der Waals surface area (Å²) in [5, 5.41) is 26.3. The Morgan fingerprint density at radius 1 is 1.30 bits per heavy atom. The van der Waals surface area contributed by atoms with Gasteiger partial charge in [0.2, 0.25) is 0 Å². The molecule has 4 rings (SSSR count). The van der Waals surface area contributed by atoms with E-state index in [1.54, 1.807) is 10.7 Å². The minimum absolute atomic E-state index is 0.136. The zero-order chi connectivity index (χ0) is 21.3. The topological polar surface area (TPSA) is 139 Å². The monoisotopic (exact) mass is 518 g/mol. The molecule has 1 aromatic carbocycles.